The van der Waals surface area contributed by atoms with Gasteiger partial charge in [0, 0.05) is 24.9 Å². The molecule has 1 aromatic heterocycles. The summed E-state index contributed by atoms with van der Waals surface area (Å²) in [6.07, 6.45) is 0.827. The number of halogens is 1. The Morgan fingerprint density at radius 2 is 1.72 bits per heavy atom. The molecule has 0 saturated heterocycles. The Balaban J connectivity index is 1.48. The second-order valence-electron chi connectivity index (χ2n) is 7.40. The van der Waals surface area contributed by atoms with Crippen LogP contribution in [0.25, 0.3) is 16.9 Å². The van der Waals surface area contributed by atoms with Crippen molar-refractivity contribution in [1.82, 2.24) is 15.1 Å². The highest BCUT2D eigenvalue weighted by atomic mass is 19.1. The number of carbonyl (C=O) groups is 1. The molecule has 1 heterocycles. The van der Waals surface area contributed by atoms with Crippen LogP contribution in [-0.2, 0) is 17.8 Å². The van der Waals surface area contributed by atoms with Gasteiger partial charge in [-0.15, -0.1) is 0 Å². The van der Waals surface area contributed by atoms with Crippen molar-refractivity contribution in [3.63, 3.8) is 0 Å². The van der Waals surface area contributed by atoms with E-state index in [9.17, 15) is 9.18 Å². The fourth-order valence-electron chi connectivity index (χ4n) is 3.42. The number of aromatic nitrogens is 2. The van der Waals surface area contributed by atoms with Crippen LogP contribution in [0.3, 0.4) is 0 Å². The third kappa shape index (κ3) is 5.21. The number of nitrogens with one attached hydrogen (secondary N) is 1. The highest BCUT2D eigenvalue weighted by Gasteiger charge is 2.13. The zero-order chi connectivity index (χ0) is 22.3. The molecule has 0 spiro atoms. The summed E-state index contributed by atoms with van der Waals surface area (Å²) in [7, 11) is 1.64. The van der Waals surface area contributed by atoms with Crippen molar-refractivity contribution in [2.75, 3.05) is 7.11 Å². The molecule has 4 rings (SSSR count). The molecule has 5 nitrogen and oxygen atoms in total. The van der Waals surface area contributed by atoms with E-state index in [0.29, 0.717) is 19.4 Å². The average Bonchev–Trinajstić information content (AvgIpc) is 3.27. The number of ether oxygens (including phenoxy) is 1. The molecule has 0 aliphatic carbocycles. The zero-order valence-electron chi connectivity index (χ0n) is 17.8. The van der Waals surface area contributed by atoms with Crippen LogP contribution in [0, 0.1) is 5.82 Å². The monoisotopic (exact) mass is 429 g/mol. The van der Waals surface area contributed by atoms with Gasteiger partial charge in [-0.2, -0.15) is 5.10 Å². The standard InChI is InChI=1S/C26H24FN3O2/c1-32-24-14-12-23(13-15-24)30-25(20-5-3-2-4-6-20)17-22(29-30)11-16-26(31)28-18-19-7-9-21(27)10-8-19/h2-10,12-15,17H,11,16,18H2,1H3,(H,28,31). The van der Waals surface area contributed by atoms with Crippen molar-refractivity contribution >= 4 is 5.91 Å². The third-order valence-corrected chi connectivity index (χ3v) is 5.16. The third-order valence-electron chi connectivity index (χ3n) is 5.16. The second-order valence-corrected chi connectivity index (χ2v) is 7.40. The Morgan fingerprint density at radius 3 is 2.41 bits per heavy atom. The van der Waals surface area contributed by atoms with Crippen molar-refractivity contribution in [3.8, 4) is 22.7 Å². The van der Waals surface area contributed by atoms with E-state index in [2.05, 4.69) is 5.32 Å². The molecule has 0 bridgehead atoms. The summed E-state index contributed by atoms with van der Waals surface area (Å²) in [4.78, 5) is 12.3. The maximum atomic E-state index is 13.0. The summed E-state index contributed by atoms with van der Waals surface area (Å²) >= 11 is 0. The lowest BCUT2D eigenvalue weighted by molar-refractivity contribution is -0.121. The number of benzene rings is 3. The van der Waals surface area contributed by atoms with Gasteiger partial charge >= 0.3 is 0 Å². The lowest BCUT2D eigenvalue weighted by Crippen LogP contribution is -2.23. The topological polar surface area (TPSA) is 56.2 Å². The average molecular weight is 429 g/mol. The summed E-state index contributed by atoms with van der Waals surface area (Å²) in [6, 6.07) is 25.9. The lowest BCUT2D eigenvalue weighted by atomic mass is 10.1. The Kier molecular flexibility index (Phi) is 6.60. The Bertz CT molecular complexity index is 1170. The van der Waals surface area contributed by atoms with Crippen molar-refractivity contribution in [2.24, 2.45) is 0 Å². The molecular formula is C26H24FN3O2. The van der Waals surface area contributed by atoms with E-state index in [1.165, 1.54) is 12.1 Å². The van der Waals surface area contributed by atoms with Gasteiger partial charge in [0.1, 0.15) is 11.6 Å². The minimum absolute atomic E-state index is 0.0745. The molecule has 162 valence electrons. The molecule has 6 heteroatoms. The Labute approximate surface area is 186 Å². The predicted molar refractivity (Wildman–Crippen MR) is 122 cm³/mol. The number of aryl methyl sites for hydroxylation is 1. The van der Waals surface area contributed by atoms with E-state index < -0.39 is 0 Å². The summed E-state index contributed by atoms with van der Waals surface area (Å²) in [5.74, 6) is 0.413. The van der Waals surface area contributed by atoms with Crippen LogP contribution >= 0.6 is 0 Å². The van der Waals surface area contributed by atoms with Gasteiger partial charge < -0.3 is 10.1 Å². The summed E-state index contributed by atoms with van der Waals surface area (Å²) in [5.41, 5.74) is 4.60. The van der Waals surface area contributed by atoms with Crippen molar-refractivity contribution in [3.05, 3.63) is 102 Å². The Morgan fingerprint density at radius 1 is 1.00 bits per heavy atom. The molecule has 32 heavy (non-hydrogen) atoms. The van der Waals surface area contributed by atoms with Gasteiger partial charge in [0.05, 0.1) is 24.2 Å². The van der Waals surface area contributed by atoms with Crippen LogP contribution in [0.4, 0.5) is 4.39 Å². The van der Waals surface area contributed by atoms with Gasteiger partial charge in [-0.05, 0) is 48.0 Å². The molecule has 0 aliphatic heterocycles. The SMILES string of the molecule is COc1ccc(-n2nc(CCC(=O)NCc3ccc(F)cc3)cc2-c2ccccc2)cc1. The van der Waals surface area contributed by atoms with Crippen LogP contribution in [-0.4, -0.2) is 22.8 Å². The molecule has 0 unspecified atom stereocenters. The van der Waals surface area contributed by atoms with Crippen molar-refractivity contribution in [1.29, 1.82) is 0 Å². The minimum atomic E-state index is -0.290. The number of nitrogens with zero attached hydrogens (tertiary/aromatic N) is 2. The molecule has 0 aliphatic rings. The first-order chi connectivity index (χ1) is 15.6. The van der Waals surface area contributed by atoms with Crippen LogP contribution in [0.5, 0.6) is 5.75 Å². The van der Waals surface area contributed by atoms with Crippen LogP contribution in [0.1, 0.15) is 17.7 Å². The fourth-order valence-corrected chi connectivity index (χ4v) is 3.42. The Hall–Kier alpha value is -3.93. The first-order valence-corrected chi connectivity index (χ1v) is 10.4. The minimum Gasteiger partial charge on any atom is -0.497 e. The van der Waals surface area contributed by atoms with E-state index in [4.69, 9.17) is 9.84 Å². The number of rotatable bonds is 8. The first kappa shape index (κ1) is 21.3. The number of amides is 1. The normalized spacial score (nSPS) is 10.7. The molecular weight excluding hydrogens is 405 g/mol. The van der Waals surface area contributed by atoms with Gasteiger partial charge in [-0.3, -0.25) is 4.79 Å². The zero-order valence-corrected chi connectivity index (χ0v) is 17.8. The quantitative estimate of drug-likeness (QED) is 0.432. The molecule has 4 aromatic rings. The second kappa shape index (κ2) is 9.92. The number of methoxy groups -OCH3 is 1. The molecule has 0 radical (unpaired) electrons. The first-order valence-electron chi connectivity index (χ1n) is 10.4. The van der Waals surface area contributed by atoms with Crippen molar-refractivity contribution < 1.29 is 13.9 Å². The lowest BCUT2D eigenvalue weighted by Gasteiger charge is -2.08. The highest BCUT2D eigenvalue weighted by Crippen LogP contribution is 2.25. The van der Waals surface area contributed by atoms with E-state index in [1.807, 2.05) is 65.3 Å². The van der Waals surface area contributed by atoms with Gasteiger partial charge in [-0.1, -0.05) is 42.5 Å². The van der Waals surface area contributed by atoms with Gasteiger partial charge in [0.2, 0.25) is 5.91 Å². The van der Waals surface area contributed by atoms with E-state index in [1.54, 1.807) is 19.2 Å². The number of hydrogen-bond donors (Lipinski definition) is 1. The molecule has 0 atom stereocenters. The smallest absolute Gasteiger partial charge is 0.220 e. The number of hydrogen-bond acceptors (Lipinski definition) is 3. The van der Waals surface area contributed by atoms with Gasteiger partial charge in [0.15, 0.2) is 0 Å². The molecule has 0 fully saturated rings. The van der Waals surface area contributed by atoms with E-state index >= 15 is 0 Å². The fraction of sp³-hybridized carbons (Fsp3) is 0.154. The van der Waals surface area contributed by atoms with Gasteiger partial charge in [-0.25, -0.2) is 9.07 Å². The summed E-state index contributed by atoms with van der Waals surface area (Å²) in [5, 5.41) is 7.64. The van der Waals surface area contributed by atoms with Gasteiger partial charge in [0.25, 0.3) is 0 Å². The van der Waals surface area contributed by atoms with Crippen molar-refractivity contribution in [2.45, 2.75) is 19.4 Å². The highest BCUT2D eigenvalue weighted by molar-refractivity contribution is 5.76. The van der Waals surface area contributed by atoms with Crippen LogP contribution in [0.15, 0.2) is 84.9 Å². The van der Waals surface area contributed by atoms with E-state index in [-0.39, 0.29) is 11.7 Å². The van der Waals surface area contributed by atoms with Crippen LogP contribution < -0.4 is 10.1 Å². The maximum Gasteiger partial charge on any atom is 0.220 e. The molecule has 3 aromatic carbocycles. The molecule has 1 N–H and O–H groups in total. The largest absolute Gasteiger partial charge is 0.497 e. The summed E-state index contributed by atoms with van der Waals surface area (Å²) < 4.78 is 20.2. The predicted octanol–water partition coefficient (Wildman–Crippen LogP) is 4.94. The maximum absolute atomic E-state index is 13.0. The molecule has 1 amide bonds. The van der Waals surface area contributed by atoms with E-state index in [0.717, 1.165) is 34.0 Å². The number of carbonyl (C=O) groups excluding carboxylic acids is 1. The summed E-state index contributed by atoms with van der Waals surface area (Å²) in [6.45, 7) is 0.370. The van der Waals surface area contributed by atoms with Crippen LogP contribution in [0.2, 0.25) is 0 Å². The molecule has 0 saturated carbocycles.